The van der Waals surface area contributed by atoms with Crippen molar-refractivity contribution in [3.63, 3.8) is 0 Å². The Labute approximate surface area is 107 Å². The molecular formula is C13H19N5. The van der Waals surface area contributed by atoms with Crippen LogP contribution in [0.1, 0.15) is 33.2 Å². The molecule has 1 heterocycles. The number of hydrogen-bond acceptors (Lipinski definition) is 4. The number of rotatable bonds is 4. The highest BCUT2D eigenvalue weighted by molar-refractivity contribution is 5.60. The number of benzene rings is 1. The van der Waals surface area contributed by atoms with Crippen LogP contribution >= 0.6 is 0 Å². The Hall–Kier alpha value is -1.91. The van der Waals surface area contributed by atoms with Crippen molar-refractivity contribution in [1.82, 2.24) is 20.2 Å². The van der Waals surface area contributed by atoms with Crippen molar-refractivity contribution in [3.8, 4) is 11.4 Å². The average Bonchev–Trinajstić information content (AvgIpc) is 2.86. The van der Waals surface area contributed by atoms with E-state index < -0.39 is 0 Å². The van der Waals surface area contributed by atoms with E-state index in [-0.39, 0.29) is 6.04 Å². The number of anilines is 1. The lowest BCUT2D eigenvalue weighted by Crippen LogP contribution is -2.16. The number of tetrazole rings is 1. The summed E-state index contributed by atoms with van der Waals surface area (Å²) in [5.41, 5.74) is 7.47. The van der Waals surface area contributed by atoms with Gasteiger partial charge in [0.15, 0.2) is 5.82 Å². The highest BCUT2D eigenvalue weighted by Crippen LogP contribution is 2.25. The second-order valence-corrected chi connectivity index (χ2v) is 4.70. The largest absolute Gasteiger partial charge is 0.399 e. The maximum Gasteiger partial charge on any atom is 0.182 e. The lowest BCUT2D eigenvalue weighted by molar-refractivity contribution is 0.340. The van der Waals surface area contributed by atoms with Crippen molar-refractivity contribution in [2.24, 2.45) is 5.92 Å². The van der Waals surface area contributed by atoms with E-state index in [1.807, 2.05) is 28.9 Å². The Balaban J connectivity index is 2.39. The number of nitrogens with zero attached hydrogens (tertiary/aromatic N) is 4. The molecule has 1 aromatic heterocycles. The fourth-order valence-electron chi connectivity index (χ4n) is 1.92. The Bertz CT molecular complexity index is 520. The SMILES string of the molecule is CCC(C)C(C)n1nnnc1-c1cccc(N)c1. The standard InChI is InChI=1S/C13H19N5/c1-4-9(2)10(3)18-13(15-16-17-18)11-6-5-7-12(14)8-11/h5-10H,4,14H2,1-3H3. The van der Waals surface area contributed by atoms with Gasteiger partial charge in [-0.3, -0.25) is 0 Å². The number of nitrogen functional groups attached to an aromatic ring is 1. The minimum absolute atomic E-state index is 0.265. The van der Waals surface area contributed by atoms with E-state index in [1.165, 1.54) is 0 Å². The van der Waals surface area contributed by atoms with Crippen LogP contribution in [0.15, 0.2) is 24.3 Å². The molecule has 0 aliphatic rings. The molecule has 0 amide bonds. The topological polar surface area (TPSA) is 69.6 Å². The predicted octanol–water partition coefficient (Wildman–Crippen LogP) is 2.53. The first-order valence-electron chi connectivity index (χ1n) is 6.27. The molecule has 0 saturated heterocycles. The Morgan fingerprint density at radius 1 is 1.33 bits per heavy atom. The summed E-state index contributed by atoms with van der Waals surface area (Å²) >= 11 is 0. The van der Waals surface area contributed by atoms with E-state index >= 15 is 0 Å². The minimum Gasteiger partial charge on any atom is -0.399 e. The number of hydrogen-bond donors (Lipinski definition) is 1. The van der Waals surface area contributed by atoms with Gasteiger partial charge in [-0.25, -0.2) is 4.68 Å². The van der Waals surface area contributed by atoms with Gasteiger partial charge in [-0.05, 0) is 35.4 Å². The van der Waals surface area contributed by atoms with Crippen LogP contribution in [0.5, 0.6) is 0 Å². The van der Waals surface area contributed by atoms with Crippen molar-refractivity contribution in [1.29, 1.82) is 0 Å². The van der Waals surface area contributed by atoms with Gasteiger partial charge in [0.25, 0.3) is 0 Å². The summed E-state index contributed by atoms with van der Waals surface area (Å²) in [5, 5.41) is 12.0. The molecule has 2 atom stereocenters. The molecule has 1 aromatic carbocycles. The zero-order valence-corrected chi connectivity index (χ0v) is 11.0. The fraction of sp³-hybridized carbons (Fsp3) is 0.462. The molecular weight excluding hydrogens is 226 g/mol. The molecule has 2 rings (SSSR count). The van der Waals surface area contributed by atoms with Crippen LogP contribution in [0.2, 0.25) is 0 Å². The second kappa shape index (κ2) is 5.16. The first-order chi connectivity index (χ1) is 8.63. The van der Waals surface area contributed by atoms with Crippen LogP contribution in [0, 0.1) is 5.92 Å². The monoisotopic (exact) mass is 245 g/mol. The summed E-state index contributed by atoms with van der Waals surface area (Å²) in [6, 6.07) is 7.90. The van der Waals surface area contributed by atoms with Gasteiger partial charge in [-0.15, -0.1) is 5.10 Å². The molecule has 5 nitrogen and oxygen atoms in total. The maximum absolute atomic E-state index is 5.80. The van der Waals surface area contributed by atoms with Crippen LogP contribution < -0.4 is 5.73 Å². The van der Waals surface area contributed by atoms with Gasteiger partial charge in [0.1, 0.15) is 0 Å². The van der Waals surface area contributed by atoms with Gasteiger partial charge in [0.05, 0.1) is 6.04 Å². The molecule has 96 valence electrons. The molecule has 2 aromatic rings. The first kappa shape index (κ1) is 12.5. The van der Waals surface area contributed by atoms with E-state index in [4.69, 9.17) is 5.73 Å². The van der Waals surface area contributed by atoms with Crippen molar-refractivity contribution in [2.75, 3.05) is 5.73 Å². The van der Waals surface area contributed by atoms with Crippen molar-refractivity contribution >= 4 is 5.69 Å². The summed E-state index contributed by atoms with van der Waals surface area (Å²) in [4.78, 5) is 0. The third-order valence-electron chi connectivity index (χ3n) is 3.49. The van der Waals surface area contributed by atoms with E-state index in [2.05, 4.69) is 36.3 Å². The third kappa shape index (κ3) is 2.34. The Morgan fingerprint density at radius 2 is 2.11 bits per heavy atom. The molecule has 0 radical (unpaired) electrons. The van der Waals surface area contributed by atoms with Gasteiger partial charge in [-0.2, -0.15) is 0 Å². The van der Waals surface area contributed by atoms with Crippen LogP contribution in [0.4, 0.5) is 5.69 Å². The Kier molecular flexibility index (Phi) is 3.60. The predicted molar refractivity (Wildman–Crippen MR) is 71.8 cm³/mol. The zero-order valence-electron chi connectivity index (χ0n) is 11.0. The van der Waals surface area contributed by atoms with Crippen LogP contribution in [0.25, 0.3) is 11.4 Å². The fourth-order valence-corrected chi connectivity index (χ4v) is 1.92. The maximum atomic E-state index is 5.80. The number of aromatic nitrogens is 4. The second-order valence-electron chi connectivity index (χ2n) is 4.70. The van der Waals surface area contributed by atoms with Crippen LogP contribution in [-0.2, 0) is 0 Å². The van der Waals surface area contributed by atoms with Gasteiger partial charge in [-0.1, -0.05) is 32.4 Å². The molecule has 0 aliphatic heterocycles. The molecule has 0 spiro atoms. The summed E-state index contributed by atoms with van der Waals surface area (Å²) < 4.78 is 1.88. The van der Waals surface area contributed by atoms with Crippen molar-refractivity contribution < 1.29 is 0 Å². The van der Waals surface area contributed by atoms with E-state index in [0.717, 1.165) is 23.5 Å². The molecule has 0 aliphatic carbocycles. The Morgan fingerprint density at radius 3 is 2.78 bits per heavy atom. The van der Waals surface area contributed by atoms with Gasteiger partial charge < -0.3 is 5.73 Å². The van der Waals surface area contributed by atoms with Gasteiger partial charge >= 0.3 is 0 Å². The van der Waals surface area contributed by atoms with Crippen molar-refractivity contribution in [3.05, 3.63) is 24.3 Å². The first-order valence-corrected chi connectivity index (χ1v) is 6.27. The van der Waals surface area contributed by atoms with E-state index in [1.54, 1.807) is 0 Å². The van der Waals surface area contributed by atoms with E-state index in [9.17, 15) is 0 Å². The molecule has 0 bridgehead atoms. The smallest absolute Gasteiger partial charge is 0.182 e. The highest BCUT2D eigenvalue weighted by atomic mass is 15.5. The molecule has 18 heavy (non-hydrogen) atoms. The highest BCUT2D eigenvalue weighted by Gasteiger charge is 2.18. The molecule has 0 fully saturated rings. The minimum atomic E-state index is 0.265. The van der Waals surface area contributed by atoms with Gasteiger partial charge in [0.2, 0.25) is 0 Å². The summed E-state index contributed by atoms with van der Waals surface area (Å²) in [5.74, 6) is 1.29. The van der Waals surface area contributed by atoms with Crippen LogP contribution in [0.3, 0.4) is 0 Å². The average molecular weight is 245 g/mol. The summed E-state index contributed by atoms with van der Waals surface area (Å²) in [6.45, 7) is 6.52. The summed E-state index contributed by atoms with van der Waals surface area (Å²) in [7, 11) is 0. The quantitative estimate of drug-likeness (QED) is 0.840. The third-order valence-corrected chi connectivity index (χ3v) is 3.49. The van der Waals surface area contributed by atoms with Crippen molar-refractivity contribution in [2.45, 2.75) is 33.2 Å². The summed E-state index contributed by atoms with van der Waals surface area (Å²) in [6.07, 6.45) is 1.09. The number of nitrogens with two attached hydrogens (primary N) is 1. The normalized spacial score (nSPS) is 14.4. The molecule has 2 unspecified atom stereocenters. The van der Waals surface area contributed by atoms with Gasteiger partial charge in [0, 0.05) is 11.3 Å². The lowest BCUT2D eigenvalue weighted by Gasteiger charge is -2.19. The molecule has 2 N–H and O–H groups in total. The zero-order chi connectivity index (χ0) is 13.1. The molecule has 0 saturated carbocycles. The lowest BCUT2D eigenvalue weighted by atomic mass is 10.0. The van der Waals surface area contributed by atoms with E-state index in [0.29, 0.717) is 5.92 Å². The molecule has 5 heteroatoms. The van der Waals surface area contributed by atoms with Crippen LogP contribution in [-0.4, -0.2) is 20.2 Å².